The molecule has 0 aromatic rings. The average Bonchev–Trinajstić information content (AvgIpc) is 3.39. The van der Waals surface area contributed by atoms with Crippen molar-refractivity contribution in [3.05, 3.63) is 0 Å². The Bertz CT molecular complexity index is 1790. The van der Waals surface area contributed by atoms with E-state index in [0.29, 0.717) is 32.1 Å². The Balaban J connectivity index is 3.97. The van der Waals surface area contributed by atoms with Gasteiger partial charge in [-0.2, -0.15) is 0 Å². The van der Waals surface area contributed by atoms with Crippen LogP contribution in [0.25, 0.3) is 0 Å². The molecule has 0 bridgehead atoms. The van der Waals surface area contributed by atoms with Crippen LogP contribution in [0, 0.1) is 5.92 Å². The number of hydrogen-bond acceptors (Lipinski definition) is 16. The second kappa shape index (κ2) is 49.4. The summed E-state index contributed by atoms with van der Waals surface area (Å²) in [6.07, 6.45) is 15.8. The van der Waals surface area contributed by atoms with Gasteiger partial charge < -0.3 is 71.1 Å². The van der Waals surface area contributed by atoms with Crippen LogP contribution in [-0.2, 0) is 71.7 Å². The Labute approximate surface area is 464 Å². The number of nitrogens with one attached hydrogen (secondary N) is 5. The first kappa shape index (κ1) is 73.4. The number of rotatable bonds is 57. The molecule has 10 N–H and O–H groups in total. The summed E-state index contributed by atoms with van der Waals surface area (Å²) in [7, 11) is 1.53. The molecule has 25 nitrogen and oxygen atoms in total. The third-order valence-corrected chi connectivity index (χ3v) is 12.7. The summed E-state index contributed by atoms with van der Waals surface area (Å²) in [5.74, 6) is -9.48. The van der Waals surface area contributed by atoms with Crippen molar-refractivity contribution in [2.24, 2.45) is 5.92 Å². The molecule has 79 heavy (non-hydrogen) atoms. The van der Waals surface area contributed by atoms with E-state index in [-0.39, 0.29) is 129 Å². The molecule has 0 saturated heterocycles. The van der Waals surface area contributed by atoms with Gasteiger partial charge >= 0.3 is 29.8 Å². The number of ether oxygens (including phenoxy) is 4. The van der Waals surface area contributed by atoms with Crippen LogP contribution < -0.4 is 26.6 Å². The first-order valence-corrected chi connectivity index (χ1v) is 28.1. The molecule has 0 unspecified atom stereocenters. The Hall–Kier alpha value is -5.63. The molecular weight excluding hydrogens is 1040 g/mol. The zero-order valence-corrected chi connectivity index (χ0v) is 46.5. The predicted molar refractivity (Wildman–Crippen MR) is 287 cm³/mol. The summed E-state index contributed by atoms with van der Waals surface area (Å²) < 4.78 is 21.4. The molecule has 4 amide bonds. The number of ketones is 2. The standard InChI is InChI=1S/C54H93N5O20/c1-55-43(52(70)71)20-16-17-29-56-46(62)28-26-45(54(74)75)59-48(64)27-23-40(51(68)69)37-42(61)38-78-35-34-77-32-30-57-49(65)39-79-36-33-76-31-18-19-41(60)24-25-44(53(72)73)58-47(63)21-14-12-10-8-6-4-2-3-5-7-9-11-13-15-22-50(66)67/h40,43-45,55H,2-39H2,1H3,(H,56,62)(H,57,65)(H,58,63)(H,59,64)(H,66,67)(H,68,69)(H,70,71)(H,72,73)(H,74,75)/t40-,43+,44+,45+/m1/s1. The quantitative estimate of drug-likeness (QED) is 0.0385. The van der Waals surface area contributed by atoms with Gasteiger partial charge in [0.15, 0.2) is 5.78 Å². The van der Waals surface area contributed by atoms with Crippen LogP contribution in [0.15, 0.2) is 0 Å². The molecule has 0 spiro atoms. The molecule has 0 heterocycles. The smallest absolute Gasteiger partial charge is 0.326 e. The van der Waals surface area contributed by atoms with E-state index in [0.717, 1.165) is 51.4 Å². The molecule has 0 rings (SSSR count). The lowest BCUT2D eigenvalue weighted by Crippen LogP contribution is -2.42. The van der Waals surface area contributed by atoms with Crippen LogP contribution >= 0.6 is 0 Å². The van der Waals surface area contributed by atoms with E-state index in [1.165, 1.54) is 39.2 Å². The number of aliphatic carboxylic acids is 5. The van der Waals surface area contributed by atoms with Gasteiger partial charge in [0, 0.05) is 64.6 Å². The fourth-order valence-corrected chi connectivity index (χ4v) is 8.05. The van der Waals surface area contributed by atoms with Gasteiger partial charge in [-0.1, -0.05) is 77.0 Å². The minimum atomic E-state index is -1.41. The molecule has 25 heteroatoms. The third-order valence-electron chi connectivity index (χ3n) is 12.7. The molecular formula is C54H93N5O20. The van der Waals surface area contributed by atoms with Crippen molar-refractivity contribution in [2.75, 3.05) is 73.0 Å². The predicted octanol–water partition coefficient (Wildman–Crippen LogP) is 3.94. The molecule has 0 fully saturated rings. The maximum atomic E-state index is 12.5. The lowest BCUT2D eigenvalue weighted by atomic mass is 9.97. The van der Waals surface area contributed by atoms with Gasteiger partial charge in [0.2, 0.25) is 23.6 Å². The number of likely N-dealkylation sites (N-methyl/N-ethyl adjacent to an activating group) is 1. The van der Waals surface area contributed by atoms with Crippen molar-refractivity contribution in [1.82, 2.24) is 26.6 Å². The molecule has 0 aliphatic rings. The summed E-state index contributed by atoms with van der Waals surface area (Å²) in [5.41, 5.74) is 0. The van der Waals surface area contributed by atoms with Gasteiger partial charge in [-0.05, 0) is 64.8 Å². The molecule has 454 valence electrons. The summed E-state index contributed by atoms with van der Waals surface area (Å²) in [4.78, 5) is 131. The molecule has 4 atom stereocenters. The average molecular weight is 1130 g/mol. The van der Waals surface area contributed by atoms with Crippen LogP contribution in [0.2, 0.25) is 0 Å². The summed E-state index contributed by atoms with van der Waals surface area (Å²) in [6.45, 7) is 0.504. The zero-order chi connectivity index (χ0) is 58.9. The highest BCUT2D eigenvalue weighted by molar-refractivity contribution is 5.87. The van der Waals surface area contributed by atoms with Gasteiger partial charge in [0.05, 0.1) is 39.0 Å². The van der Waals surface area contributed by atoms with Crippen molar-refractivity contribution in [3.8, 4) is 0 Å². The zero-order valence-electron chi connectivity index (χ0n) is 46.5. The second-order valence-corrected chi connectivity index (χ2v) is 19.5. The van der Waals surface area contributed by atoms with Gasteiger partial charge in [-0.25, -0.2) is 9.59 Å². The van der Waals surface area contributed by atoms with Gasteiger partial charge in [0.25, 0.3) is 0 Å². The Morgan fingerprint density at radius 1 is 0.354 bits per heavy atom. The van der Waals surface area contributed by atoms with Crippen LogP contribution in [0.3, 0.4) is 0 Å². The van der Waals surface area contributed by atoms with E-state index in [2.05, 4.69) is 26.6 Å². The van der Waals surface area contributed by atoms with E-state index >= 15 is 0 Å². The van der Waals surface area contributed by atoms with Crippen molar-refractivity contribution >= 4 is 65.0 Å². The topological polar surface area (TPSA) is 386 Å². The minimum absolute atomic E-state index is 0.00256. The van der Waals surface area contributed by atoms with Gasteiger partial charge in [-0.15, -0.1) is 0 Å². The fourth-order valence-electron chi connectivity index (χ4n) is 8.05. The largest absolute Gasteiger partial charge is 0.481 e. The number of carbonyl (C=O) groups excluding carboxylic acids is 6. The minimum Gasteiger partial charge on any atom is -0.481 e. The van der Waals surface area contributed by atoms with Gasteiger partial charge in [0.1, 0.15) is 37.1 Å². The molecule has 0 aromatic carbocycles. The molecule has 0 aromatic heterocycles. The molecule has 0 radical (unpaired) electrons. The number of carboxylic acids is 5. The van der Waals surface area contributed by atoms with Crippen LogP contribution in [0.4, 0.5) is 0 Å². The van der Waals surface area contributed by atoms with Crippen molar-refractivity contribution < 1.29 is 97.2 Å². The van der Waals surface area contributed by atoms with E-state index < -0.39 is 90.4 Å². The monoisotopic (exact) mass is 1130 g/mol. The second-order valence-electron chi connectivity index (χ2n) is 19.5. The lowest BCUT2D eigenvalue weighted by Gasteiger charge is -2.16. The van der Waals surface area contributed by atoms with Crippen molar-refractivity contribution in [3.63, 3.8) is 0 Å². The summed E-state index contributed by atoms with van der Waals surface area (Å²) in [6, 6.07) is -3.25. The third kappa shape index (κ3) is 45.9. The fraction of sp³-hybridized carbons (Fsp3) is 0.796. The van der Waals surface area contributed by atoms with E-state index in [9.17, 15) is 68.1 Å². The molecule has 0 aliphatic heterocycles. The highest BCUT2D eigenvalue weighted by atomic mass is 16.5. The summed E-state index contributed by atoms with van der Waals surface area (Å²) >= 11 is 0. The number of Topliss-reactive ketones (excluding diaryl/α,β-unsaturated/α-hetero) is 2. The SMILES string of the molecule is CN[C@@H](CCCCNC(=O)CC[C@H](NC(=O)CC[C@H](CC(=O)COCCOCCNC(=O)COCCOCCCC(=O)CC[C@H](NC(=O)CCCCCCCCCCCCCCCCC(=O)O)C(=O)O)C(=O)O)C(=O)O)C(=O)O. The van der Waals surface area contributed by atoms with E-state index in [4.69, 9.17) is 29.2 Å². The van der Waals surface area contributed by atoms with Gasteiger partial charge in [-0.3, -0.25) is 43.2 Å². The number of unbranched alkanes of at least 4 members (excludes halogenated alkanes) is 14. The maximum Gasteiger partial charge on any atom is 0.326 e. The lowest BCUT2D eigenvalue weighted by molar-refractivity contribution is -0.145. The molecule has 0 aliphatic carbocycles. The first-order valence-electron chi connectivity index (χ1n) is 28.1. The maximum absolute atomic E-state index is 12.5. The van der Waals surface area contributed by atoms with E-state index in [1.54, 1.807) is 0 Å². The Morgan fingerprint density at radius 3 is 1.35 bits per heavy atom. The molecule has 0 saturated carbocycles. The number of carbonyl (C=O) groups is 11. The Morgan fingerprint density at radius 2 is 0.823 bits per heavy atom. The van der Waals surface area contributed by atoms with Crippen LogP contribution in [0.5, 0.6) is 0 Å². The number of amides is 4. The number of carboxylic acid groups (broad SMARTS) is 5. The van der Waals surface area contributed by atoms with E-state index in [1.807, 2.05) is 0 Å². The first-order chi connectivity index (χ1) is 37.9. The normalized spacial score (nSPS) is 12.6. The Kier molecular flexibility index (Phi) is 45.9. The highest BCUT2D eigenvalue weighted by Gasteiger charge is 2.26. The van der Waals surface area contributed by atoms with Crippen LogP contribution in [0.1, 0.15) is 180 Å². The number of hydrogen-bond donors (Lipinski definition) is 10. The van der Waals surface area contributed by atoms with Crippen molar-refractivity contribution in [2.45, 2.75) is 198 Å². The highest BCUT2D eigenvalue weighted by Crippen LogP contribution is 2.16. The van der Waals surface area contributed by atoms with Crippen LogP contribution in [-0.4, -0.2) is 182 Å². The summed E-state index contributed by atoms with van der Waals surface area (Å²) in [5, 5.41) is 59.1. The van der Waals surface area contributed by atoms with Crippen molar-refractivity contribution in [1.29, 1.82) is 0 Å².